The van der Waals surface area contributed by atoms with Gasteiger partial charge in [0, 0.05) is 45.8 Å². The molecule has 11 heteroatoms. The number of hydrogen-bond donors (Lipinski definition) is 2. The van der Waals surface area contributed by atoms with Crippen LogP contribution in [0.3, 0.4) is 0 Å². The highest BCUT2D eigenvalue weighted by molar-refractivity contribution is 7.89. The molecule has 2 aromatic heterocycles. The fourth-order valence-electron chi connectivity index (χ4n) is 4.00. The maximum Gasteiger partial charge on any atom is 0.228 e. The molecule has 1 saturated heterocycles. The van der Waals surface area contributed by atoms with E-state index in [0.717, 1.165) is 62.9 Å². The van der Waals surface area contributed by atoms with Gasteiger partial charge in [-0.05, 0) is 19.9 Å². The van der Waals surface area contributed by atoms with Gasteiger partial charge in [-0.3, -0.25) is 4.68 Å². The Bertz CT molecular complexity index is 946. The summed E-state index contributed by atoms with van der Waals surface area (Å²) in [7, 11) is 0.629. The second kappa shape index (κ2) is 8.41. The number of aryl methyl sites for hydroxylation is 1. The molecule has 2 fully saturated rings. The second-order valence-corrected chi connectivity index (χ2v) is 9.88. The van der Waals surface area contributed by atoms with Crippen LogP contribution in [0.4, 0.5) is 11.8 Å². The fraction of sp³-hybridized carbons (Fsp3) is 0.722. The van der Waals surface area contributed by atoms with Crippen LogP contribution in [-0.2, 0) is 17.1 Å². The summed E-state index contributed by atoms with van der Waals surface area (Å²) >= 11 is 0. The molecular weight excluding hydrogens is 392 g/mol. The Morgan fingerprint density at radius 3 is 2.55 bits per heavy atom. The highest BCUT2D eigenvalue weighted by Gasteiger charge is 2.22. The lowest BCUT2D eigenvalue weighted by Crippen LogP contribution is -2.45. The Labute approximate surface area is 171 Å². The van der Waals surface area contributed by atoms with Gasteiger partial charge in [0.2, 0.25) is 16.0 Å². The lowest BCUT2D eigenvalue weighted by Gasteiger charge is -2.32. The number of nitrogens with zero attached hydrogens (tertiary/aromatic N) is 6. The molecule has 2 N–H and O–H groups in total. The number of aromatic nitrogens is 4. The van der Waals surface area contributed by atoms with Gasteiger partial charge in [0.15, 0.2) is 5.82 Å². The van der Waals surface area contributed by atoms with Gasteiger partial charge < -0.3 is 15.1 Å². The summed E-state index contributed by atoms with van der Waals surface area (Å²) in [6.45, 7) is 3.93. The molecule has 29 heavy (non-hydrogen) atoms. The summed E-state index contributed by atoms with van der Waals surface area (Å²) in [6.07, 6.45) is 5.78. The first kappa shape index (κ1) is 20.3. The SMILES string of the molecule is CN1CCN(c2nc(NCCS(=O)(=O)NC3CCCC3)c3c(cnn3C)n2)CC1. The molecule has 0 bridgehead atoms. The van der Waals surface area contributed by atoms with E-state index >= 15 is 0 Å². The summed E-state index contributed by atoms with van der Waals surface area (Å²) in [6, 6.07) is 0.0895. The zero-order valence-corrected chi connectivity index (χ0v) is 18.0. The predicted molar refractivity (Wildman–Crippen MR) is 114 cm³/mol. The van der Waals surface area contributed by atoms with E-state index < -0.39 is 10.0 Å². The first-order chi connectivity index (χ1) is 13.9. The molecule has 160 valence electrons. The van der Waals surface area contributed by atoms with Crippen LogP contribution in [0, 0.1) is 0 Å². The Morgan fingerprint density at radius 2 is 1.83 bits per heavy atom. The van der Waals surface area contributed by atoms with E-state index in [-0.39, 0.29) is 18.3 Å². The van der Waals surface area contributed by atoms with E-state index in [9.17, 15) is 8.42 Å². The molecule has 1 saturated carbocycles. The number of fused-ring (bicyclic) bond motifs is 1. The van der Waals surface area contributed by atoms with Crippen LogP contribution < -0.4 is 14.9 Å². The Morgan fingerprint density at radius 1 is 1.10 bits per heavy atom. The summed E-state index contributed by atoms with van der Waals surface area (Å²) in [5.41, 5.74) is 1.54. The summed E-state index contributed by atoms with van der Waals surface area (Å²) in [5, 5.41) is 7.51. The van der Waals surface area contributed by atoms with Crippen molar-refractivity contribution in [3.05, 3.63) is 6.20 Å². The molecule has 0 spiro atoms. The molecule has 0 atom stereocenters. The van der Waals surface area contributed by atoms with Gasteiger partial charge in [-0.1, -0.05) is 12.8 Å². The third kappa shape index (κ3) is 4.78. The van der Waals surface area contributed by atoms with Gasteiger partial charge >= 0.3 is 0 Å². The van der Waals surface area contributed by atoms with E-state index in [1.54, 1.807) is 10.9 Å². The van der Waals surface area contributed by atoms with Crippen molar-refractivity contribution in [1.82, 2.24) is 29.4 Å². The van der Waals surface area contributed by atoms with Crippen LogP contribution in [0.15, 0.2) is 6.20 Å². The quantitative estimate of drug-likeness (QED) is 0.660. The van der Waals surface area contributed by atoms with E-state index in [1.807, 2.05) is 7.05 Å². The van der Waals surface area contributed by atoms with Crippen LogP contribution in [0.2, 0.25) is 0 Å². The molecule has 0 unspecified atom stereocenters. The van der Waals surface area contributed by atoms with E-state index in [4.69, 9.17) is 4.98 Å². The molecular formula is C18H30N8O2S. The normalized spacial score (nSPS) is 19.3. The Balaban J connectivity index is 1.47. The standard InChI is InChI=1S/C18H30N8O2S/c1-24-8-10-26(11-9-24)18-21-15-13-20-25(2)16(15)17(22-18)19-7-12-29(27,28)23-14-5-3-4-6-14/h13-14,23H,3-12H2,1-2H3,(H,19,21,22). The summed E-state index contributed by atoms with van der Waals surface area (Å²) in [4.78, 5) is 13.8. The zero-order valence-electron chi connectivity index (χ0n) is 17.1. The molecule has 4 rings (SSSR count). The number of hydrogen-bond acceptors (Lipinski definition) is 8. The molecule has 2 aliphatic rings. The first-order valence-electron chi connectivity index (χ1n) is 10.3. The maximum atomic E-state index is 12.4. The van der Waals surface area contributed by atoms with Crippen LogP contribution in [0.5, 0.6) is 0 Å². The number of piperazine rings is 1. The topological polar surface area (TPSA) is 108 Å². The van der Waals surface area contributed by atoms with Crippen LogP contribution in [0.25, 0.3) is 11.0 Å². The van der Waals surface area contributed by atoms with Crippen molar-refractivity contribution in [2.24, 2.45) is 7.05 Å². The Hall–Kier alpha value is -1.98. The number of likely N-dealkylation sites (N-methyl/N-ethyl adjacent to an activating group) is 1. The summed E-state index contributed by atoms with van der Waals surface area (Å²) < 4.78 is 29.3. The minimum absolute atomic E-state index is 0.0106. The highest BCUT2D eigenvalue weighted by Crippen LogP contribution is 2.24. The number of nitrogens with one attached hydrogen (secondary N) is 2. The molecule has 2 aromatic rings. The minimum Gasteiger partial charge on any atom is -0.367 e. The van der Waals surface area contributed by atoms with Crippen LogP contribution >= 0.6 is 0 Å². The van der Waals surface area contributed by atoms with Crippen molar-refractivity contribution in [2.45, 2.75) is 31.7 Å². The van der Waals surface area contributed by atoms with Gasteiger partial charge in [-0.25, -0.2) is 18.1 Å². The average Bonchev–Trinajstić information content (AvgIpc) is 3.31. The smallest absolute Gasteiger partial charge is 0.228 e. The van der Waals surface area contributed by atoms with Crippen LogP contribution in [0.1, 0.15) is 25.7 Å². The van der Waals surface area contributed by atoms with Gasteiger partial charge in [0.1, 0.15) is 11.0 Å². The highest BCUT2D eigenvalue weighted by atomic mass is 32.2. The van der Waals surface area contributed by atoms with Gasteiger partial charge in [0.25, 0.3) is 0 Å². The van der Waals surface area contributed by atoms with E-state index in [1.165, 1.54) is 0 Å². The number of anilines is 2. The van der Waals surface area contributed by atoms with Crippen molar-refractivity contribution < 1.29 is 8.42 Å². The maximum absolute atomic E-state index is 12.4. The zero-order chi connectivity index (χ0) is 20.4. The lowest BCUT2D eigenvalue weighted by molar-refractivity contribution is 0.311. The predicted octanol–water partition coefficient (Wildman–Crippen LogP) is 0.389. The third-order valence-electron chi connectivity index (χ3n) is 5.73. The molecule has 10 nitrogen and oxygen atoms in total. The molecule has 3 heterocycles. The monoisotopic (exact) mass is 422 g/mol. The summed E-state index contributed by atoms with van der Waals surface area (Å²) in [5.74, 6) is 1.30. The third-order valence-corrected chi connectivity index (χ3v) is 7.16. The van der Waals surface area contributed by atoms with E-state index in [2.05, 4.69) is 37.0 Å². The van der Waals surface area contributed by atoms with Gasteiger partial charge in [0.05, 0.1) is 11.9 Å². The van der Waals surface area contributed by atoms with Crippen molar-refractivity contribution in [2.75, 3.05) is 55.7 Å². The van der Waals surface area contributed by atoms with Crippen LogP contribution in [-0.4, -0.2) is 84.6 Å². The molecule has 1 aliphatic carbocycles. The fourth-order valence-corrected chi connectivity index (χ4v) is 5.23. The first-order valence-corrected chi connectivity index (χ1v) is 11.9. The van der Waals surface area contributed by atoms with Gasteiger partial charge in [-0.2, -0.15) is 10.1 Å². The Kier molecular flexibility index (Phi) is 5.88. The van der Waals surface area contributed by atoms with E-state index in [0.29, 0.717) is 11.8 Å². The molecule has 1 aliphatic heterocycles. The van der Waals surface area contributed by atoms with Crippen molar-refractivity contribution >= 4 is 32.8 Å². The minimum atomic E-state index is -3.32. The second-order valence-electron chi connectivity index (χ2n) is 8.01. The van der Waals surface area contributed by atoms with Crippen molar-refractivity contribution in [3.8, 4) is 0 Å². The van der Waals surface area contributed by atoms with Crippen molar-refractivity contribution in [1.29, 1.82) is 0 Å². The average molecular weight is 423 g/mol. The lowest BCUT2D eigenvalue weighted by atomic mass is 10.3. The number of sulfonamides is 1. The largest absolute Gasteiger partial charge is 0.367 e. The number of rotatable bonds is 7. The molecule has 0 amide bonds. The van der Waals surface area contributed by atoms with Gasteiger partial charge in [-0.15, -0.1) is 0 Å². The van der Waals surface area contributed by atoms with Crippen molar-refractivity contribution in [3.63, 3.8) is 0 Å². The molecule has 0 aromatic carbocycles. The molecule has 0 radical (unpaired) electrons.